The average Bonchev–Trinajstić information content (AvgIpc) is 3.22. The van der Waals surface area contributed by atoms with Crippen molar-refractivity contribution in [2.45, 2.75) is 81.7 Å². The molecule has 3 aliphatic heterocycles. The molecule has 0 aliphatic carbocycles. The second kappa shape index (κ2) is 10.9. The Morgan fingerprint density at radius 1 is 0.821 bits per heavy atom. The molecule has 3 fully saturated rings. The van der Waals surface area contributed by atoms with E-state index in [1.165, 1.54) is 12.1 Å². The van der Waals surface area contributed by atoms with Crippen LogP contribution in [0, 0.1) is 0 Å². The summed E-state index contributed by atoms with van der Waals surface area (Å²) in [4.78, 5) is 17.1. The lowest BCUT2D eigenvalue weighted by atomic mass is 9.84. The Kier molecular flexibility index (Phi) is 8.26. The van der Waals surface area contributed by atoms with Gasteiger partial charge in [-0.05, 0) is 69.2 Å². The van der Waals surface area contributed by atoms with Gasteiger partial charge in [0.15, 0.2) is 0 Å². The molecule has 4 rings (SSSR count). The SMILES string of the molecule is O=C(OC(C(F)(F)F)C(F)(F)F)N1CCC2(CCCN2Cc2ccc(C(F)(F)F)cc2N2CCCCC2)CC1. The van der Waals surface area contributed by atoms with Crippen LogP contribution in [-0.2, 0) is 17.5 Å². The number of nitrogens with zero attached hydrogens (tertiary/aromatic N) is 3. The summed E-state index contributed by atoms with van der Waals surface area (Å²) >= 11 is 0. The van der Waals surface area contributed by atoms with E-state index in [4.69, 9.17) is 0 Å². The molecular weight excluding hydrogens is 545 g/mol. The van der Waals surface area contributed by atoms with E-state index >= 15 is 0 Å². The molecule has 0 unspecified atom stereocenters. The van der Waals surface area contributed by atoms with E-state index in [9.17, 15) is 44.3 Å². The first-order chi connectivity index (χ1) is 18.1. The molecule has 14 heteroatoms. The van der Waals surface area contributed by atoms with Gasteiger partial charge in [0, 0.05) is 44.0 Å². The van der Waals surface area contributed by atoms with Gasteiger partial charge in [0.1, 0.15) is 0 Å². The van der Waals surface area contributed by atoms with Gasteiger partial charge < -0.3 is 14.5 Å². The van der Waals surface area contributed by atoms with Gasteiger partial charge in [-0.15, -0.1) is 0 Å². The van der Waals surface area contributed by atoms with Crippen molar-refractivity contribution in [3.63, 3.8) is 0 Å². The fraction of sp³-hybridized carbons (Fsp3) is 0.720. The number of anilines is 1. The molecule has 0 N–H and O–H groups in total. The van der Waals surface area contributed by atoms with E-state index < -0.39 is 41.8 Å². The van der Waals surface area contributed by atoms with Crippen LogP contribution in [0.2, 0.25) is 0 Å². The molecule has 3 heterocycles. The Morgan fingerprint density at radius 3 is 2.00 bits per heavy atom. The fourth-order valence-electron chi connectivity index (χ4n) is 5.92. The number of rotatable bonds is 4. The first-order valence-electron chi connectivity index (χ1n) is 12.9. The minimum atomic E-state index is -5.79. The van der Waals surface area contributed by atoms with Crippen molar-refractivity contribution in [3.05, 3.63) is 29.3 Å². The molecule has 1 aromatic carbocycles. The molecule has 0 bridgehead atoms. The van der Waals surface area contributed by atoms with Crippen molar-refractivity contribution in [3.8, 4) is 0 Å². The van der Waals surface area contributed by atoms with Gasteiger partial charge in [-0.25, -0.2) is 4.79 Å². The molecule has 0 saturated carbocycles. The number of likely N-dealkylation sites (tertiary alicyclic amines) is 2. The number of carbonyl (C=O) groups is 1. The summed E-state index contributed by atoms with van der Waals surface area (Å²) in [6.07, 6.45) is -17.1. The van der Waals surface area contributed by atoms with Gasteiger partial charge in [-0.1, -0.05) is 6.07 Å². The van der Waals surface area contributed by atoms with Gasteiger partial charge in [-0.3, -0.25) is 4.90 Å². The summed E-state index contributed by atoms with van der Waals surface area (Å²) in [5, 5.41) is 0. The molecule has 3 aliphatic rings. The normalized spacial score (nSPS) is 21.2. The standard InChI is InChI=1S/C25H30F9N3O2/c26-23(27,28)18-6-5-17(19(15-18)35-10-2-1-3-11-35)16-37-12-4-7-22(37)8-13-36(14-9-22)21(38)39-20(24(29,30)31)25(32,33)34/h5-6,15,20H,1-4,7-14,16H2. The Labute approximate surface area is 219 Å². The minimum absolute atomic E-state index is 0.0935. The number of piperidine rings is 2. The smallest absolute Gasteiger partial charge is 0.426 e. The van der Waals surface area contributed by atoms with Crippen LogP contribution in [0.4, 0.5) is 50.0 Å². The summed E-state index contributed by atoms with van der Waals surface area (Å²) in [5.41, 5.74) is 0.0569. The third kappa shape index (κ3) is 6.68. The highest BCUT2D eigenvalue weighted by Crippen LogP contribution is 2.42. The molecule has 1 aromatic rings. The molecule has 5 nitrogen and oxygen atoms in total. The topological polar surface area (TPSA) is 36.0 Å². The van der Waals surface area contributed by atoms with Gasteiger partial charge in [-0.2, -0.15) is 39.5 Å². The first-order valence-corrected chi connectivity index (χ1v) is 12.9. The number of hydrogen-bond acceptors (Lipinski definition) is 4. The van der Waals surface area contributed by atoms with Crippen LogP contribution in [0.5, 0.6) is 0 Å². The summed E-state index contributed by atoms with van der Waals surface area (Å²) in [6.45, 7) is 2.09. The largest absolute Gasteiger partial charge is 0.434 e. The van der Waals surface area contributed by atoms with Gasteiger partial charge in [0.2, 0.25) is 0 Å². The summed E-state index contributed by atoms with van der Waals surface area (Å²) in [6, 6.07) is 3.72. The fourth-order valence-corrected chi connectivity index (χ4v) is 5.92. The van der Waals surface area contributed by atoms with Crippen LogP contribution in [-0.4, -0.2) is 72.6 Å². The number of carbonyl (C=O) groups excluding carboxylic acids is 1. The lowest BCUT2D eigenvalue weighted by Crippen LogP contribution is -2.54. The molecule has 1 spiro atoms. The Balaban J connectivity index is 1.47. The van der Waals surface area contributed by atoms with Crippen molar-refractivity contribution >= 4 is 11.8 Å². The highest BCUT2D eigenvalue weighted by atomic mass is 19.4. The minimum Gasteiger partial charge on any atom is -0.426 e. The number of alkyl halides is 9. The Bertz CT molecular complexity index is 998. The van der Waals surface area contributed by atoms with Crippen LogP contribution in [0.1, 0.15) is 56.1 Å². The number of amides is 1. The quantitative estimate of drug-likeness (QED) is 0.372. The van der Waals surface area contributed by atoms with E-state index in [-0.39, 0.29) is 13.1 Å². The zero-order chi connectivity index (χ0) is 28.6. The Hall–Kier alpha value is -2.38. The van der Waals surface area contributed by atoms with Crippen molar-refractivity contribution in [1.82, 2.24) is 9.80 Å². The first kappa shape index (κ1) is 29.6. The molecule has 0 atom stereocenters. The van der Waals surface area contributed by atoms with E-state index in [1.54, 1.807) is 0 Å². The predicted molar refractivity (Wildman–Crippen MR) is 123 cm³/mol. The lowest BCUT2D eigenvalue weighted by Gasteiger charge is -2.45. The monoisotopic (exact) mass is 575 g/mol. The number of ether oxygens (including phenoxy) is 1. The van der Waals surface area contributed by atoms with E-state index in [0.717, 1.165) is 42.2 Å². The van der Waals surface area contributed by atoms with Crippen LogP contribution >= 0.6 is 0 Å². The Morgan fingerprint density at radius 2 is 1.44 bits per heavy atom. The van der Waals surface area contributed by atoms with Crippen molar-refractivity contribution < 1.29 is 49.0 Å². The second-order valence-electron chi connectivity index (χ2n) is 10.5. The number of halogens is 9. The van der Waals surface area contributed by atoms with Crippen LogP contribution in [0.3, 0.4) is 0 Å². The lowest BCUT2D eigenvalue weighted by molar-refractivity contribution is -0.308. The van der Waals surface area contributed by atoms with E-state index in [2.05, 4.69) is 9.64 Å². The van der Waals surface area contributed by atoms with E-state index in [0.29, 0.717) is 51.1 Å². The molecule has 39 heavy (non-hydrogen) atoms. The zero-order valence-corrected chi connectivity index (χ0v) is 21.1. The summed E-state index contributed by atoms with van der Waals surface area (Å²) in [7, 11) is 0. The molecule has 0 aromatic heterocycles. The average molecular weight is 576 g/mol. The highest BCUT2D eigenvalue weighted by molar-refractivity contribution is 5.68. The third-order valence-corrected chi connectivity index (χ3v) is 7.98. The van der Waals surface area contributed by atoms with Crippen LogP contribution < -0.4 is 4.90 Å². The second-order valence-corrected chi connectivity index (χ2v) is 10.5. The summed E-state index contributed by atoms with van der Waals surface area (Å²) < 4.78 is 121. The highest BCUT2D eigenvalue weighted by Gasteiger charge is 2.60. The van der Waals surface area contributed by atoms with Crippen molar-refractivity contribution in [1.29, 1.82) is 0 Å². The predicted octanol–water partition coefficient (Wildman–Crippen LogP) is 6.76. The maximum absolute atomic E-state index is 13.5. The van der Waals surface area contributed by atoms with Gasteiger partial charge >= 0.3 is 24.6 Å². The molecular formula is C25H30F9N3O2. The molecule has 1 amide bonds. The van der Waals surface area contributed by atoms with Gasteiger partial charge in [0.05, 0.1) is 5.56 Å². The van der Waals surface area contributed by atoms with Crippen LogP contribution in [0.15, 0.2) is 18.2 Å². The molecule has 220 valence electrons. The molecule has 0 radical (unpaired) electrons. The maximum atomic E-state index is 13.5. The van der Waals surface area contributed by atoms with Gasteiger partial charge in [0.25, 0.3) is 6.10 Å². The van der Waals surface area contributed by atoms with Crippen LogP contribution in [0.25, 0.3) is 0 Å². The van der Waals surface area contributed by atoms with Crippen molar-refractivity contribution in [2.75, 3.05) is 37.6 Å². The number of hydrogen-bond donors (Lipinski definition) is 0. The van der Waals surface area contributed by atoms with E-state index in [1.807, 2.05) is 4.90 Å². The molecule has 3 saturated heterocycles. The van der Waals surface area contributed by atoms with Crippen molar-refractivity contribution in [2.24, 2.45) is 0 Å². The zero-order valence-electron chi connectivity index (χ0n) is 21.1. The summed E-state index contributed by atoms with van der Waals surface area (Å²) in [5.74, 6) is 0. The maximum Gasteiger partial charge on any atom is 0.434 e. The number of benzene rings is 1. The third-order valence-electron chi connectivity index (χ3n) is 7.98.